The minimum Gasteiger partial charge on any atom is -0.491 e. The molecular formula is C19H28N4O2. The van der Waals surface area contributed by atoms with Crippen LogP contribution in [-0.4, -0.2) is 23.6 Å². The van der Waals surface area contributed by atoms with Crippen LogP contribution in [0.15, 0.2) is 33.7 Å². The number of hydrogen-bond donors (Lipinski definition) is 2. The standard InChI is InChI=1S/C19H28N4O2/c1-6-20-19(22-12-18-23-14(4)15(5)25-18)21-11-16-7-9-17(10-8-16)24-13(2)3/h7-10,13H,6,11-12H2,1-5H3,(H2,20,21,22). The highest BCUT2D eigenvalue weighted by molar-refractivity contribution is 5.79. The Labute approximate surface area is 149 Å². The van der Waals surface area contributed by atoms with Crippen LogP contribution in [0.2, 0.25) is 0 Å². The van der Waals surface area contributed by atoms with Gasteiger partial charge in [-0.3, -0.25) is 0 Å². The number of aromatic nitrogens is 1. The Hall–Kier alpha value is -2.50. The van der Waals surface area contributed by atoms with Gasteiger partial charge < -0.3 is 19.8 Å². The first-order valence-corrected chi connectivity index (χ1v) is 8.68. The van der Waals surface area contributed by atoms with Crippen LogP contribution in [0.25, 0.3) is 0 Å². The minimum absolute atomic E-state index is 0.177. The van der Waals surface area contributed by atoms with Crippen LogP contribution in [-0.2, 0) is 13.1 Å². The van der Waals surface area contributed by atoms with E-state index >= 15 is 0 Å². The number of benzene rings is 1. The molecule has 1 aromatic heterocycles. The van der Waals surface area contributed by atoms with Crippen molar-refractivity contribution in [3.8, 4) is 5.75 Å². The molecule has 0 unspecified atom stereocenters. The number of rotatable bonds is 7. The average Bonchev–Trinajstić information content (AvgIpc) is 2.89. The number of ether oxygens (including phenoxy) is 1. The van der Waals surface area contributed by atoms with E-state index in [0.717, 1.165) is 35.3 Å². The number of nitrogens with one attached hydrogen (secondary N) is 2. The lowest BCUT2D eigenvalue weighted by atomic mass is 10.2. The van der Waals surface area contributed by atoms with Gasteiger partial charge in [0, 0.05) is 6.54 Å². The third-order valence-electron chi connectivity index (χ3n) is 3.54. The van der Waals surface area contributed by atoms with Gasteiger partial charge >= 0.3 is 0 Å². The highest BCUT2D eigenvalue weighted by Crippen LogP contribution is 2.14. The SMILES string of the molecule is CCNC(=NCc1ccc(OC(C)C)cc1)NCc1nc(C)c(C)o1. The summed E-state index contributed by atoms with van der Waals surface area (Å²) in [6.45, 7) is 11.8. The molecule has 2 rings (SSSR count). The fourth-order valence-electron chi connectivity index (χ4n) is 2.23. The molecule has 2 aromatic rings. The molecule has 0 amide bonds. The molecule has 2 N–H and O–H groups in total. The Morgan fingerprint density at radius 3 is 2.48 bits per heavy atom. The van der Waals surface area contributed by atoms with Crippen molar-refractivity contribution >= 4 is 5.96 Å². The fourth-order valence-corrected chi connectivity index (χ4v) is 2.23. The van der Waals surface area contributed by atoms with Gasteiger partial charge in [0.25, 0.3) is 0 Å². The molecule has 6 heteroatoms. The van der Waals surface area contributed by atoms with Crippen LogP contribution in [0.3, 0.4) is 0 Å². The summed E-state index contributed by atoms with van der Waals surface area (Å²) in [5.74, 6) is 3.12. The van der Waals surface area contributed by atoms with Crippen LogP contribution in [0.4, 0.5) is 0 Å². The zero-order chi connectivity index (χ0) is 18.2. The maximum atomic E-state index is 5.65. The molecule has 0 bridgehead atoms. The van der Waals surface area contributed by atoms with Crippen LogP contribution in [0.5, 0.6) is 5.75 Å². The number of aliphatic imine (C=N–C) groups is 1. The van der Waals surface area contributed by atoms with Gasteiger partial charge in [0.1, 0.15) is 11.5 Å². The summed E-state index contributed by atoms with van der Waals surface area (Å²) in [6.07, 6.45) is 0.177. The zero-order valence-corrected chi connectivity index (χ0v) is 15.7. The first-order chi connectivity index (χ1) is 12.0. The molecule has 0 aliphatic carbocycles. The van der Waals surface area contributed by atoms with Crippen molar-refractivity contribution in [1.29, 1.82) is 0 Å². The normalized spacial score (nSPS) is 11.7. The van der Waals surface area contributed by atoms with Gasteiger partial charge in [-0.05, 0) is 52.3 Å². The Morgan fingerprint density at radius 2 is 1.92 bits per heavy atom. The summed E-state index contributed by atoms with van der Waals surface area (Å²) in [6, 6.07) is 8.02. The molecule has 0 saturated heterocycles. The molecular weight excluding hydrogens is 316 g/mol. The topological polar surface area (TPSA) is 71.7 Å². The maximum Gasteiger partial charge on any atom is 0.214 e. The van der Waals surface area contributed by atoms with Crippen LogP contribution in [0.1, 0.15) is 43.7 Å². The van der Waals surface area contributed by atoms with E-state index in [2.05, 4.69) is 20.6 Å². The highest BCUT2D eigenvalue weighted by atomic mass is 16.5. The molecule has 0 fully saturated rings. The molecule has 6 nitrogen and oxygen atoms in total. The highest BCUT2D eigenvalue weighted by Gasteiger charge is 2.06. The van der Waals surface area contributed by atoms with E-state index < -0.39 is 0 Å². The first-order valence-electron chi connectivity index (χ1n) is 8.68. The molecule has 0 aliphatic heterocycles. The van der Waals surface area contributed by atoms with E-state index in [-0.39, 0.29) is 6.10 Å². The van der Waals surface area contributed by atoms with Gasteiger partial charge in [-0.1, -0.05) is 12.1 Å². The maximum absolute atomic E-state index is 5.65. The fraction of sp³-hybridized carbons (Fsp3) is 0.474. The summed E-state index contributed by atoms with van der Waals surface area (Å²) >= 11 is 0. The number of guanidine groups is 1. The third kappa shape index (κ3) is 6.14. The van der Waals surface area contributed by atoms with Crippen LogP contribution < -0.4 is 15.4 Å². The van der Waals surface area contributed by atoms with Crippen molar-refractivity contribution in [1.82, 2.24) is 15.6 Å². The van der Waals surface area contributed by atoms with Crippen LogP contribution in [0, 0.1) is 13.8 Å². The summed E-state index contributed by atoms with van der Waals surface area (Å²) < 4.78 is 11.2. The molecule has 0 atom stereocenters. The Kier molecular flexibility index (Phi) is 6.86. The van der Waals surface area contributed by atoms with Gasteiger partial charge in [0.2, 0.25) is 5.89 Å². The van der Waals surface area contributed by atoms with Crippen LogP contribution >= 0.6 is 0 Å². The van der Waals surface area contributed by atoms with Gasteiger partial charge in [-0.15, -0.1) is 0 Å². The quantitative estimate of drug-likeness (QED) is 0.595. The molecule has 136 valence electrons. The molecule has 0 aliphatic rings. The number of nitrogens with zero attached hydrogens (tertiary/aromatic N) is 2. The second-order valence-electron chi connectivity index (χ2n) is 6.11. The number of oxazole rings is 1. The molecule has 0 radical (unpaired) electrons. The van der Waals surface area contributed by atoms with E-state index in [4.69, 9.17) is 9.15 Å². The van der Waals surface area contributed by atoms with Crippen molar-refractivity contribution in [2.45, 2.75) is 53.8 Å². The predicted molar refractivity (Wildman–Crippen MR) is 99.8 cm³/mol. The van der Waals surface area contributed by atoms with Gasteiger partial charge in [0.15, 0.2) is 5.96 Å². The number of hydrogen-bond acceptors (Lipinski definition) is 4. The summed E-state index contributed by atoms with van der Waals surface area (Å²) in [7, 11) is 0. The van der Waals surface area contributed by atoms with Gasteiger partial charge in [0.05, 0.1) is 24.9 Å². The monoisotopic (exact) mass is 344 g/mol. The summed E-state index contributed by atoms with van der Waals surface area (Å²) in [5, 5.41) is 6.47. The average molecular weight is 344 g/mol. The first kappa shape index (κ1) is 18.8. The van der Waals surface area contributed by atoms with Crippen molar-refractivity contribution in [2.75, 3.05) is 6.54 Å². The zero-order valence-electron chi connectivity index (χ0n) is 15.7. The van der Waals surface area contributed by atoms with E-state index in [1.807, 2.05) is 58.9 Å². The molecule has 0 spiro atoms. The lowest BCUT2D eigenvalue weighted by molar-refractivity contribution is 0.242. The van der Waals surface area contributed by atoms with Crippen molar-refractivity contribution < 1.29 is 9.15 Å². The Balaban J connectivity index is 1.94. The minimum atomic E-state index is 0.177. The van der Waals surface area contributed by atoms with E-state index in [0.29, 0.717) is 19.0 Å². The molecule has 1 aromatic carbocycles. The molecule has 0 saturated carbocycles. The number of aryl methyl sites for hydroxylation is 2. The van der Waals surface area contributed by atoms with E-state index in [1.54, 1.807) is 0 Å². The van der Waals surface area contributed by atoms with Crippen molar-refractivity contribution in [3.05, 3.63) is 47.2 Å². The van der Waals surface area contributed by atoms with Gasteiger partial charge in [-0.25, -0.2) is 9.98 Å². The van der Waals surface area contributed by atoms with Crippen molar-refractivity contribution in [2.24, 2.45) is 4.99 Å². The molecule has 25 heavy (non-hydrogen) atoms. The summed E-state index contributed by atoms with van der Waals surface area (Å²) in [5.41, 5.74) is 2.04. The summed E-state index contributed by atoms with van der Waals surface area (Å²) in [4.78, 5) is 8.97. The predicted octanol–water partition coefficient (Wildman–Crippen LogP) is 3.33. The largest absolute Gasteiger partial charge is 0.491 e. The van der Waals surface area contributed by atoms with Crippen molar-refractivity contribution in [3.63, 3.8) is 0 Å². The smallest absolute Gasteiger partial charge is 0.214 e. The lowest BCUT2D eigenvalue weighted by Crippen LogP contribution is -2.36. The van der Waals surface area contributed by atoms with Gasteiger partial charge in [-0.2, -0.15) is 0 Å². The second-order valence-corrected chi connectivity index (χ2v) is 6.11. The molecule has 1 heterocycles. The Morgan fingerprint density at radius 1 is 1.20 bits per heavy atom. The second kappa shape index (κ2) is 9.11. The lowest BCUT2D eigenvalue weighted by Gasteiger charge is -2.11. The van der Waals surface area contributed by atoms with E-state index in [1.165, 1.54) is 0 Å². The third-order valence-corrected chi connectivity index (χ3v) is 3.54. The Bertz CT molecular complexity index is 670. The van der Waals surface area contributed by atoms with E-state index in [9.17, 15) is 0 Å².